The first-order chi connectivity index (χ1) is 8.36. The number of H-pyrrole nitrogens is 1. The van der Waals surface area contributed by atoms with E-state index in [0.717, 1.165) is 5.56 Å². The van der Waals surface area contributed by atoms with Gasteiger partial charge in [0.2, 0.25) is 0 Å². The monoisotopic (exact) mass is 224 g/mol. The molecule has 0 atom stereocenters. The molecule has 0 unspecified atom stereocenters. The number of rotatable bonds is 1. The van der Waals surface area contributed by atoms with Gasteiger partial charge in [0.15, 0.2) is 0 Å². The molecule has 0 bridgehead atoms. The second-order valence-electron chi connectivity index (χ2n) is 3.54. The lowest BCUT2D eigenvalue weighted by molar-refractivity contribution is 1.01. The van der Waals surface area contributed by atoms with Gasteiger partial charge in [0, 0.05) is 24.2 Å². The Kier molecular flexibility index (Phi) is 2.15. The summed E-state index contributed by atoms with van der Waals surface area (Å²) in [5, 5.41) is 7.03. The lowest BCUT2D eigenvalue weighted by Crippen LogP contribution is -2.10. The standard InChI is InChI=1S/C12H8N4O/c17-12-9-4-2-6-14-11(9)10(15-16-12)8-3-1-5-13-7-8/h1-7H,(H,16,17). The Morgan fingerprint density at radius 3 is 2.82 bits per heavy atom. The number of nitrogens with zero attached hydrogens (tertiary/aromatic N) is 3. The zero-order chi connectivity index (χ0) is 11.7. The summed E-state index contributed by atoms with van der Waals surface area (Å²) in [5.41, 5.74) is 1.81. The molecule has 0 fully saturated rings. The summed E-state index contributed by atoms with van der Waals surface area (Å²) >= 11 is 0. The van der Waals surface area contributed by atoms with E-state index in [-0.39, 0.29) is 5.56 Å². The van der Waals surface area contributed by atoms with Gasteiger partial charge in [0.05, 0.1) is 5.39 Å². The van der Waals surface area contributed by atoms with Crippen molar-refractivity contribution in [2.45, 2.75) is 0 Å². The fraction of sp³-hybridized carbons (Fsp3) is 0. The Morgan fingerprint density at radius 1 is 1.12 bits per heavy atom. The highest BCUT2D eigenvalue weighted by molar-refractivity contribution is 5.89. The van der Waals surface area contributed by atoms with Crippen molar-refractivity contribution < 1.29 is 0 Å². The summed E-state index contributed by atoms with van der Waals surface area (Å²) in [6.45, 7) is 0. The molecule has 3 rings (SSSR count). The molecule has 0 aliphatic heterocycles. The van der Waals surface area contributed by atoms with Gasteiger partial charge in [-0.1, -0.05) is 0 Å². The summed E-state index contributed by atoms with van der Waals surface area (Å²) < 4.78 is 0. The molecule has 0 aliphatic rings. The second kappa shape index (κ2) is 3.79. The second-order valence-corrected chi connectivity index (χ2v) is 3.54. The molecule has 0 amide bonds. The largest absolute Gasteiger partial charge is 0.273 e. The predicted molar refractivity (Wildman–Crippen MR) is 63.4 cm³/mol. The molecule has 1 N–H and O–H groups in total. The Bertz CT molecular complexity index is 721. The molecular weight excluding hydrogens is 216 g/mol. The molecule has 3 aromatic heterocycles. The zero-order valence-electron chi connectivity index (χ0n) is 8.79. The molecule has 0 saturated heterocycles. The molecule has 0 spiro atoms. The van der Waals surface area contributed by atoms with Crippen LogP contribution in [0, 0.1) is 0 Å². The molecule has 0 radical (unpaired) electrons. The number of hydrogen-bond donors (Lipinski definition) is 1. The summed E-state index contributed by atoms with van der Waals surface area (Å²) in [5.74, 6) is 0. The number of pyridine rings is 2. The van der Waals surface area contributed by atoms with Crippen LogP contribution in [0.3, 0.4) is 0 Å². The van der Waals surface area contributed by atoms with Gasteiger partial charge in [0.1, 0.15) is 11.2 Å². The van der Waals surface area contributed by atoms with E-state index in [1.165, 1.54) is 0 Å². The van der Waals surface area contributed by atoms with Crippen LogP contribution in [0.4, 0.5) is 0 Å². The predicted octanol–water partition coefficient (Wildman–Crippen LogP) is 1.38. The number of hydrogen-bond acceptors (Lipinski definition) is 4. The first-order valence-electron chi connectivity index (χ1n) is 5.10. The normalized spacial score (nSPS) is 10.6. The van der Waals surface area contributed by atoms with Gasteiger partial charge in [0.25, 0.3) is 5.56 Å². The molecule has 5 nitrogen and oxygen atoms in total. The fourth-order valence-corrected chi connectivity index (χ4v) is 1.70. The van der Waals surface area contributed by atoms with Crippen LogP contribution in [0.1, 0.15) is 0 Å². The maximum atomic E-state index is 11.6. The summed E-state index contributed by atoms with van der Waals surface area (Å²) in [6, 6.07) is 7.14. The maximum Gasteiger partial charge on any atom is 0.273 e. The molecule has 0 saturated carbocycles. The molecule has 3 heterocycles. The minimum Gasteiger partial charge on any atom is -0.267 e. The molecule has 0 aromatic carbocycles. The van der Waals surface area contributed by atoms with Gasteiger partial charge in [-0.05, 0) is 24.3 Å². The van der Waals surface area contributed by atoms with Gasteiger partial charge < -0.3 is 0 Å². The smallest absolute Gasteiger partial charge is 0.267 e. The molecule has 3 aromatic rings. The van der Waals surface area contributed by atoms with Crippen molar-refractivity contribution in [3.8, 4) is 11.3 Å². The van der Waals surface area contributed by atoms with E-state index in [1.807, 2.05) is 12.1 Å². The number of aromatic nitrogens is 4. The maximum absolute atomic E-state index is 11.6. The Labute approximate surface area is 96.2 Å². The summed E-state index contributed by atoms with van der Waals surface area (Å²) in [7, 11) is 0. The first-order valence-corrected chi connectivity index (χ1v) is 5.10. The van der Waals surface area contributed by atoms with Gasteiger partial charge in [-0.25, -0.2) is 5.10 Å². The third kappa shape index (κ3) is 1.57. The van der Waals surface area contributed by atoms with Crippen LogP contribution in [-0.4, -0.2) is 20.2 Å². The van der Waals surface area contributed by atoms with Crippen LogP contribution in [0.15, 0.2) is 47.7 Å². The molecule has 17 heavy (non-hydrogen) atoms. The Balaban J connectivity index is 2.39. The SMILES string of the molecule is O=c1[nH]nc(-c2cccnc2)c2ncccc12. The molecule has 0 aliphatic carbocycles. The van der Waals surface area contributed by atoms with Crippen LogP contribution in [-0.2, 0) is 0 Å². The van der Waals surface area contributed by atoms with Crippen LogP contribution < -0.4 is 5.56 Å². The van der Waals surface area contributed by atoms with Crippen LogP contribution in [0.2, 0.25) is 0 Å². The number of aromatic amines is 1. The van der Waals surface area contributed by atoms with Crippen molar-refractivity contribution in [1.29, 1.82) is 0 Å². The van der Waals surface area contributed by atoms with Gasteiger partial charge >= 0.3 is 0 Å². The van der Waals surface area contributed by atoms with E-state index in [9.17, 15) is 4.79 Å². The molecular formula is C12H8N4O. The molecule has 82 valence electrons. The summed E-state index contributed by atoms with van der Waals surface area (Å²) in [4.78, 5) is 19.8. The average molecular weight is 224 g/mol. The lowest BCUT2D eigenvalue weighted by Gasteiger charge is -2.02. The quantitative estimate of drug-likeness (QED) is 0.677. The van der Waals surface area contributed by atoms with Crippen LogP contribution in [0.25, 0.3) is 22.2 Å². The van der Waals surface area contributed by atoms with E-state index >= 15 is 0 Å². The molecule has 5 heteroatoms. The fourth-order valence-electron chi connectivity index (χ4n) is 1.70. The number of fused-ring (bicyclic) bond motifs is 1. The van der Waals surface area contributed by atoms with E-state index in [4.69, 9.17) is 0 Å². The minimum atomic E-state index is -0.235. The lowest BCUT2D eigenvalue weighted by atomic mass is 10.1. The van der Waals surface area contributed by atoms with E-state index in [2.05, 4.69) is 20.2 Å². The Hall–Kier alpha value is -2.56. The Morgan fingerprint density at radius 2 is 2.00 bits per heavy atom. The van der Waals surface area contributed by atoms with Crippen molar-refractivity contribution >= 4 is 10.9 Å². The van der Waals surface area contributed by atoms with Crippen molar-refractivity contribution in [1.82, 2.24) is 20.2 Å². The zero-order valence-corrected chi connectivity index (χ0v) is 8.79. The highest BCUT2D eigenvalue weighted by Gasteiger charge is 2.08. The van der Waals surface area contributed by atoms with E-state index in [1.54, 1.807) is 30.7 Å². The van der Waals surface area contributed by atoms with Crippen molar-refractivity contribution in [3.63, 3.8) is 0 Å². The third-order valence-electron chi connectivity index (χ3n) is 2.48. The minimum absolute atomic E-state index is 0.235. The number of nitrogens with one attached hydrogen (secondary N) is 1. The highest BCUT2D eigenvalue weighted by Crippen LogP contribution is 2.20. The van der Waals surface area contributed by atoms with E-state index in [0.29, 0.717) is 16.6 Å². The first kappa shape index (κ1) is 9.65. The van der Waals surface area contributed by atoms with Gasteiger partial charge in [-0.3, -0.25) is 14.8 Å². The van der Waals surface area contributed by atoms with Crippen molar-refractivity contribution in [2.24, 2.45) is 0 Å². The van der Waals surface area contributed by atoms with E-state index < -0.39 is 0 Å². The van der Waals surface area contributed by atoms with Crippen molar-refractivity contribution in [2.75, 3.05) is 0 Å². The average Bonchev–Trinajstić information content (AvgIpc) is 2.41. The summed E-state index contributed by atoms with van der Waals surface area (Å²) in [6.07, 6.45) is 5.02. The van der Waals surface area contributed by atoms with Gasteiger partial charge in [-0.15, -0.1) is 0 Å². The third-order valence-corrected chi connectivity index (χ3v) is 2.48. The van der Waals surface area contributed by atoms with Gasteiger partial charge in [-0.2, -0.15) is 5.10 Å². The van der Waals surface area contributed by atoms with Crippen LogP contribution >= 0.6 is 0 Å². The topological polar surface area (TPSA) is 71.5 Å². The van der Waals surface area contributed by atoms with Crippen LogP contribution in [0.5, 0.6) is 0 Å². The van der Waals surface area contributed by atoms with Crippen molar-refractivity contribution in [3.05, 3.63) is 53.2 Å². The highest BCUT2D eigenvalue weighted by atomic mass is 16.1.